The minimum Gasteiger partial charge on any atom is -0.298 e. The molecule has 1 amide bonds. The Labute approximate surface area is 168 Å². The fraction of sp³-hybridized carbons (Fsp3) is 0.182. The van der Waals surface area contributed by atoms with Gasteiger partial charge in [-0.05, 0) is 34.8 Å². The zero-order valence-electron chi connectivity index (χ0n) is 15.5. The van der Waals surface area contributed by atoms with Gasteiger partial charge in [0.25, 0.3) is 0 Å². The van der Waals surface area contributed by atoms with Gasteiger partial charge in [-0.3, -0.25) is 10.1 Å². The van der Waals surface area contributed by atoms with Gasteiger partial charge in [-0.25, -0.2) is 4.98 Å². The number of hydrogen-bond acceptors (Lipinski definition) is 3. The summed E-state index contributed by atoms with van der Waals surface area (Å²) in [6.45, 7) is 6.57. The van der Waals surface area contributed by atoms with Crippen LogP contribution in [0.5, 0.6) is 0 Å². The molecule has 0 saturated carbocycles. The first kappa shape index (κ1) is 19.3. The van der Waals surface area contributed by atoms with Crippen LogP contribution >= 0.6 is 22.9 Å². The highest BCUT2D eigenvalue weighted by Gasteiger charge is 2.13. The Morgan fingerprint density at radius 2 is 1.74 bits per heavy atom. The second-order valence-electron chi connectivity index (χ2n) is 7.24. The molecule has 0 aliphatic rings. The first-order chi connectivity index (χ1) is 12.8. The molecule has 5 heteroatoms. The van der Waals surface area contributed by atoms with Crippen molar-refractivity contribution in [1.29, 1.82) is 0 Å². The largest absolute Gasteiger partial charge is 0.298 e. The molecule has 0 bridgehead atoms. The average Bonchev–Trinajstić information content (AvgIpc) is 3.09. The van der Waals surface area contributed by atoms with Crippen molar-refractivity contribution < 1.29 is 4.79 Å². The number of amides is 1. The lowest BCUT2D eigenvalue weighted by Gasteiger charge is -2.18. The number of hydrogen-bond donors (Lipinski definition) is 1. The number of carbonyl (C=O) groups excluding carboxylic acids is 1. The van der Waals surface area contributed by atoms with Gasteiger partial charge >= 0.3 is 0 Å². The number of anilines is 1. The highest BCUT2D eigenvalue weighted by Crippen LogP contribution is 2.28. The molecule has 3 nitrogen and oxygen atoms in total. The summed E-state index contributed by atoms with van der Waals surface area (Å²) >= 11 is 7.27. The molecule has 138 valence electrons. The van der Waals surface area contributed by atoms with Gasteiger partial charge in [-0.15, -0.1) is 11.3 Å². The van der Waals surface area contributed by atoms with E-state index in [4.69, 9.17) is 11.6 Å². The van der Waals surface area contributed by atoms with E-state index >= 15 is 0 Å². The molecule has 1 heterocycles. The molecule has 0 fully saturated rings. The van der Waals surface area contributed by atoms with Crippen LogP contribution in [0.4, 0.5) is 5.13 Å². The van der Waals surface area contributed by atoms with Gasteiger partial charge in [0.2, 0.25) is 5.91 Å². The Morgan fingerprint density at radius 3 is 2.37 bits per heavy atom. The summed E-state index contributed by atoms with van der Waals surface area (Å²) < 4.78 is 0. The maximum Gasteiger partial charge on any atom is 0.250 e. The number of carbonyl (C=O) groups is 1. The van der Waals surface area contributed by atoms with Crippen LogP contribution in [0, 0.1) is 0 Å². The van der Waals surface area contributed by atoms with E-state index < -0.39 is 0 Å². The Morgan fingerprint density at radius 1 is 1.07 bits per heavy atom. The van der Waals surface area contributed by atoms with Crippen molar-refractivity contribution in [2.45, 2.75) is 26.2 Å². The van der Waals surface area contributed by atoms with Crippen LogP contribution in [0.1, 0.15) is 31.9 Å². The zero-order valence-corrected chi connectivity index (χ0v) is 17.1. The van der Waals surface area contributed by atoms with Crippen molar-refractivity contribution in [2.75, 3.05) is 5.32 Å². The molecular formula is C22H21ClN2OS. The molecule has 3 aromatic rings. The number of aromatic nitrogens is 1. The van der Waals surface area contributed by atoms with Crippen molar-refractivity contribution in [2.24, 2.45) is 0 Å². The zero-order chi connectivity index (χ0) is 19.4. The van der Waals surface area contributed by atoms with Gasteiger partial charge < -0.3 is 0 Å². The summed E-state index contributed by atoms with van der Waals surface area (Å²) in [6.07, 6.45) is 3.23. The van der Waals surface area contributed by atoms with E-state index in [-0.39, 0.29) is 11.3 Å². The SMILES string of the molecule is CC(C)(C)c1ccc(-c2csc(NC(=O)/C=C/c3ccc(Cl)cc3)n2)cc1. The van der Waals surface area contributed by atoms with Crippen molar-refractivity contribution in [3.05, 3.63) is 76.1 Å². The monoisotopic (exact) mass is 396 g/mol. The molecule has 0 aliphatic carbocycles. The van der Waals surface area contributed by atoms with Crippen molar-refractivity contribution in [3.63, 3.8) is 0 Å². The third kappa shape index (κ3) is 5.28. The normalized spacial score (nSPS) is 11.7. The summed E-state index contributed by atoms with van der Waals surface area (Å²) in [5.41, 5.74) is 4.21. The van der Waals surface area contributed by atoms with E-state index in [1.165, 1.54) is 23.0 Å². The fourth-order valence-corrected chi connectivity index (χ4v) is 3.35. The first-order valence-electron chi connectivity index (χ1n) is 8.62. The molecule has 1 aromatic heterocycles. The van der Waals surface area contributed by atoms with Crippen molar-refractivity contribution in [1.82, 2.24) is 4.98 Å². The van der Waals surface area contributed by atoms with Crippen LogP contribution in [-0.2, 0) is 10.2 Å². The molecule has 0 saturated heterocycles. The van der Waals surface area contributed by atoms with Crippen LogP contribution in [0.3, 0.4) is 0 Å². The first-order valence-corrected chi connectivity index (χ1v) is 9.88. The van der Waals surface area contributed by atoms with Gasteiger partial charge in [0.05, 0.1) is 5.69 Å². The molecule has 0 unspecified atom stereocenters. The lowest BCUT2D eigenvalue weighted by molar-refractivity contribution is -0.111. The maximum atomic E-state index is 12.1. The van der Waals surface area contributed by atoms with Gasteiger partial charge in [0.15, 0.2) is 5.13 Å². The molecule has 1 N–H and O–H groups in total. The van der Waals surface area contributed by atoms with Crippen LogP contribution in [0.25, 0.3) is 17.3 Å². The highest BCUT2D eigenvalue weighted by atomic mass is 35.5. The minimum atomic E-state index is -0.214. The highest BCUT2D eigenvalue weighted by molar-refractivity contribution is 7.14. The second-order valence-corrected chi connectivity index (χ2v) is 8.53. The quantitative estimate of drug-likeness (QED) is 0.517. The third-order valence-electron chi connectivity index (χ3n) is 4.08. The number of benzene rings is 2. The lowest BCUT2D eigenvalue weighted by Crippen LogP contribution is -2.10. The molecule has 0 atom stereocenters. The van der Waals surface area contributed by atoms with Gasteiger partial charge in [-0.1, -0.05) is 68.8 Å². The topological polar surface area (TPSA) is 42.0 Å². The summed E-state index contributed by atoms with van der Waals surface area (Å²) in [5, 5.41) is 6.00. The Bertz CT molecular complexity index is 951. The molecule has 2 aromatic carbocycles. The molecule has 0 spiro atoms. The second kappa shape index (κ2) is 8.07. The Kier molecular flexibility index (Phi) is 5.78. The summed E-state index contributed by atoms with van der Waals surface area (Å²) in [7, 11) is 0. The van der Waals surface area contributed by atoms with Crippen molar-refractivity contribution in [3.8, 4) is 11.3 Å². The number of thiazole rings is 1. The maximum absolute atomic E-state index is 12.1. The molecule has 27 heavy (non-hydrogen) atoms. The Hall–Kier alpha value is -2.43. The standard InChI is InChI=1S/C22H21ClN2OS/c1-22(2,3)17-9-7-16(8-10-17)19-14-27-21(24-19)25-20(26)13-6-15-4-11-18(23)12-5-15/h4-14H,1-3H3,(H,24,25,26)/b13-6+. The van der Waals surface area contributed by atoms with E-state index in [9.17, 15) is 4.79 Å². The summed E-state index contributed by atoms with van der Waals surface area (Å²) in [5.74, 6) is -0.214. The van der Waals surface area contributed by atoms with Crippen LogP contribution in [-0.4, -0.2) is 10.9 Å². The van der Waals surface area contributed by atoms with E-state index in [0.29, 0.717) is 10.2 Å². The predicted octanol–water partition coefficient (Wildman–Crippen LogP) is 6.41. The lowest BCUT2D eigenvalue weighted by atomic mass is 9.86. The fourth-order valence-electron chi connectivity index (χ4n) is 2.50. The number of nitrogens with one attached hydrogen (secondary N) is 1. The van der Waals surface area contributed by atoms with E-state index in [0.717, 1.165) is 16.8 Å². The number of nitrogens with zero attached hydrogens (tertiary/aromatic N) is 1. The number of halogens is 1. The average molecular weight is 397 g/mol. The van der Waals surface area contributed by atoms with Crippen LogP contribution in [0.15, 0.2) is 60.0 Å². The predicted molar refractivity (Wildman–Crippen MR) is 115 cm³/mol. The summed E-state index contributed by atoms with van der Waals surface area (Å²) in [6, 6.07) is 15.7. The summed E-state index contributed by atoms with van der Waals surface area (Å²) in [4.78, 5) is 16.6. The molecule has 0 aliphatic heterocycles. The van der Waals surface area contributed by atoms with Crippen molar-refractivity contribution >= 4 is 40.1 Å². The smallest absolute Gasteiger partial charge is 0.250 e. The minimum absolute atomic E-state index is 0.121. The van der Waals surface area contributed by atoms with Crippen LogP contribution < -0.4 is 5.32 Å². The third-order valence-corrected chi connectivity index (χ3v) is 5.09. The van der Waals surface area contributed by atoms with E-state index in [1.54, 1.807) is 18.2 Å². The molecule has 0 radical (unpaired) electrons. The van der Waals surface area contributed by atoms with Gasteiger partial charge in [0, 0.05) is 22.0 Å². The van der Waals surface area contributed by atoms with E-state index in [2.05, 4.69) is 55.3 Å². The Balaban J connectivity index is 1.65. The molecular weight excluding hydrogens is 376 g/mol. The van der Waals surface area contributed by atoms with Gasteiger partial charge in [-0.2, -0.15) is 0 Å². The van der Waals surface area contributed by atoms with Crippen LogP contribution in [0.2, 0.25) is 5.02 Å². The molecule has 3 rings (SSSR count). The van der Waals surface area contributed by atoms with E-state index in [1.807, 2.05) is 17.5 Å². The van der Waals surface area contributed by atoms with Gasteiger partial charge in [0.1, 0.15) is 0 Å². The number of rotatable bonds is 4.